The fourth-order valence-corrected chi connectivity index (χ4v) is 4.15. The van der Waals surface area contributed by atoms with Crippen molar-refractivity contribution in [3.63, 3.8) is 0 Å². The van der Waals surface area contributed by atoms with Crippen LogP contribution in [0.15, 0.2) is 51.8 Å². The largest absolute Gasteiger partial charge is 0.492 e. The van der Waals surface area contributed by atoms with Crippen molar-refractivity contribution in [2.45, 2.75) is 30.7 Å². The average Bonchev–Trinajstić information content (AvgIpc) is 3.43. The highest BCUT2D eigenvalue weighted by atomic mass is 79.9. The molecule has 2 aromatic carbocycles. The van der Waals surface area contributed by atoms with Crippen LogP contribution in [-0.4, -0.2) is 33.5 Å². The Bertz CT molecular complexity index is 925. The zero-order valence-corrected chi connectivity index (χ0v) is 17.3. The van der Waals surface area contributed by atoms with Gasteiger partial charge in [-0.2, -0.15) is 0 Å². The highest BCUT2D eigenvalue weighted by Crippen LogP contribution is 2.25. The standard InChI is InChI=1S/C19H21BrN2O4S/c1-13-2-6-15(7-3-13)26-11-10-21-19(23)17-12-16(8-9-18(17)20)27(24,25)22-14-4-5-14/h2-3,6-9,12,14,22H,4-5,10-11H2,1H3,(H,21,23). The predicted octanol–water partition coefficient (Wildman–Crippen LogP) is 3.01. The van der Waals surface area contributed by atoms with Gasteiger partial charge in [-0.1, -0.05) is 17.7 Å². The number of rotatable bonds is 8. The minimum absolute atomic E-state index is 0.00912. The number of aryl methyl sites for hydroxylation is 1. The molecule has 0 aromatic heterocycles. The first-order valence-electron chi connectivity index (χ1n) is 8.65. The van der Waals surface area contributed by atoms with Gasteiger partial charge in [-0.3, -0.25) is 4.79 Å². The first-order chi connectivity index (χ1) is 12.8. The van der Waals surface area contributed by atoms with Gasteiger partial charge >= 0.3 is 0 Å². The first kappa shape index (κ1) is 19.9. The fourth-order valence-electron chi connectivity index (χ4n) is 2.40. The van der Waals surface area contributed by atoms with Gasteiger partial charge in [-0.15, -0.1) is 0 Å². The Morgan fingerprint density at radius 1 is 1.19 bits per heavy atom. The molecule has 0 bridgehead atoms. The lowest BCUT2D eigenvalue weighted by Crippen LogP contribution is -2.29. The van der Waals surface area contributed by atoms with E-state index in [2.05, 4.69) is 26.0 Å². The third kappa shape index (κ3) is 5.54. The van der Waals surface area contributed by atoms with E-state index in [1.165, 1.54) is 12.1 Å². The predicted molar refractivity (Wildman–Crippen MR) is 106 cm³/mol. The maximum atomic E-state index is 12.4. The summed E-state index contributed by atoms with van der Waals surface area (Å²) in [6.07, 6.45) is 1.70. The van der Waals surface area contributed by atoms with Gasteiger partial charge in [0.25, 0.3) is 5.91 Å². The van der Waals surface area contributed by atoms with Crippen LogP contribution in [0.3, 0.4) is 0 Å². The molecule has 3 rings (SSSR count). The third-order valence-electron chi connectivity index (χ3n) is 4.07. The maximum Gasteiger partial charge on any atom is 0.252 e. The second kappa shape index (κ2) is 8.41. The van der Waals surface area contributed by atoms with Crippen molar-refractivity contribution in [3.05, 3.63) is 58.1 Å². The smallest absolute Gasteiger partial charge is 0.252 e. The van der Waals surface area contributed by atoms with Crippen molar-refractivity contribution in [3.8, 4) is 5.75 Å². The van der Waals surface area contributed by atoms with E-state index in [-0.39, 0.29) is 22.4 Å². The molecule has 8 heteroatoms. The minimum Gasteiger partial charge on any atom is -0.492 e. The summed E-state index contributed by atoms with van der Waals surface area (Å²) in [4.78, 5) is 12.5. The van der Waals surface area contributed by atoms with Crippen LogP contribution in [0, 0.1) is 6.92 Å². The SMILES string of the molecule is Cc1ccc(OCCNC(=O)c2cc(S(=O)(=O)NC3CC3)ccc2Br)cc1. The number of hydrogen-bond donors (Lipinski definition) is 2. The molecule has 27 heavy (non-hydrogen) atoms. The summed E-state index contributed by atoms with van der Waals surface area (Å²) in [6, 6.07) is 12.1. The fraction of sp³-hybridized carbons (Fsp3) is 0.316. The van der Waals surface area contributed by atoms with E-state index >= 15 is 0 Å². The summed E-state index contributed by atoms with van der Waals surface area (Å²) in [5.74, 6) is 0.369. The van der Waals surface area contributed by atoms with E-state index in [1.807, 2.05) is 31.2 Å². The number of benzene rings is 2. The number of halogens is 1. The van der Waals surface area contributed by atoms with Crippen LogP contribution >= 0.6 is 15.9 Å². The van der Waals surface area contributed by atoms with E-state index in [9.17, 15) is 13.2 Å². The quantitative estimate of drug-likeness (QED) is 0.602. The van der Waals surface area contributed by atoms with Gasteiger partial charge in [0.2, 0.25) is 10.0 Å². The van der Waals surface area contributed by atoms with Crippen LogP contribution in [0.5, 0.6) is 5.75 Å². The van der Waals surface area contributed by atoms with E-state index in [0.717, 1.165) is 24.2 Å². The molecule has 1 fully saturated rings. The number of carbonyl (C=O) groups excluding carboxylic acids is 1. The van der Waals surface area contributed by atoms with Crippen molar-refractivity contribution >= 4 is 31.9 Å². The van der Waals surface area contributed by atoms with Crippen molar-refractivity contribution in [2.75, 3.05) is 13.2 Å². The Morgan fingerprint density at radius 2 is 1.89 bits per heavy atom. The van der Waals surface area contributed by atoms with E-state index in [0.29, 0.717) is 17.6 Å². The molecule has 0 atom stereocenters. The molecule has 0 spiro atoms. The minimum atomic E-state index is -3.61. The molecule has 1 aliphatic carbocycles. The number of nitrogens with one attached hydrogen (secondary N) is 2. The Labute approximate surface area is 167 Å². The van der Waals surface area contributed by atoms with E-state index in [1.54, 1.807) is 6.07 Å². The highest BCUT2D eigenvalue weighted by Gasteiger charge is 2.28. The first-order valence-corrected chi connectivity index (χ1v) is 10.9. The summed E-state index contributed by atoms with van der Waals surface area (Å²) in [6.45, 7) is 2.61. The van der Waals surface area contributed by atoms with Crippen LogP contribution in [0.4, 0.5) is 0 Å². The Morgan fingerprint density at radius 3 is 2.56 bits per heavy atom. The van der Waals surface area contributed by atoms with Crippen LogP contribution in [-0.2, 0) is 10.0 Å². The summed E-state index contributed by atoms with van der Waals surface area (Å²) >= 11 is 3.31. The highest BCUT2D eigenvalue weighted by molar-refractivity contribution is 9.10. The van der Waals surface area contributed by atoms with Gasteiger partial charge in [0.15, 0.2) is 0 Å². The van der Waals surface area contributed by atoms with Gasteiger partial charge in [-0.05, 0) is 66.0 Å². The second-order valence-electron chi connectivity index (χ2n) is 6.45. The average molecular weight is 453 g/mol. The van der Waals surface area contributed by atoms with E-state index in [4.69, 9.17) is 4.74 Å². The molecule has 1 amide bonds. The van der Waals surface area contributed by atoms with Crippen LogP contribution in [0.1, 0.15) is 28.8 Å². The molecule has 144 valence electrons. The third-order valence-corrected chi connectivity index (χ3v) is 6.28. The van der Waals surface area contributed by atoms with Crippen LogP contribution < -0.4 is 14.8 Å². The number of amides is 1. The van der Waals surface area contributed by atoms with Crippen molar-refractivity contribution < 1.29 is 17.9 Å². The molecule has 0 saturated heterocycles. The molecule has 2 N–H and O–H groups in total. The van der Waals surface area contributed by atoms with Crippen molar-refractivity contribution in [1.82, 2.24) is 10.0 Å². The molecule has 2 aromatic rings. The number of hydrogen-bond acceptors (Lipinski definition) is 4. The van der Waals surface area contributed by atoms with Crippen LogP contribution in [0.25, 0.3) is 0 Å². The van der Waals surface area contributed by atoms with Gasteiger partial charge in [0.05, 0.1) is 17.0 Å². The Kier molecular flexibility index (Phi) is 6.18. The monoisotopic (exact) mass is 452 g/mol. The molecular formula is C19H21BrN2O4S. The molecule has 0 aliphatic heterocycles. The second-order valence-corrected chi connectivity index (χ2v) is 9.02. The molecular weight excluding hydrogens is 432 g/mol. The van der Waals surface area contributed by atoms with Crippen molar-refractivity contribution in [2.24, 2.45) is 0 Å². The molecule has 0 heterocycles. The summed E-state index contributed by atoms with van der Waals surface area (Å²) in [7, 11) is -3.61. The normalized spacial score (nSPS) is 14.0. The van der Waals surface area contributed by atoms with Crippen molar-refractivity contribution in [1.29, 1.82) is 0 Å². The van der Waals surface area contributed by atoms with Gasteiger partial charge < -0.3 is 10.1 Å². The van der Waals surface area contributed by atoms with Crippen LogP contribution in [0.2, 0.25) is 0 Å². The lowest BCUT2D eigenvalue weighted by atomic mass is 10.2. The molecule has 6 nitrogen and oxygen atoms in total. The topological polar surface area (TPSA) is 84.5 Å². The number of sulfonamides is 1. The maximum absolute atomic E-state index is 12.4. The summed E-state index contributed by atoms with van der Waals surface area (Å²) in [5.41, 5.74) is 1.41. The van der Waals surface area contributed by atoms with Gasteiger partial charge in [0.1, 0.15) is 12.4 Å². The lowest BCUT2D eigenvalue weighted by molar-refractivity contribution is 0.0946. The summed E-state index contributed by atoms with van der Waals surface area (Å²) < 4.78 is 33.4. The molecule has 1 saturated carbocycles. The van der Waals surface area contributed by atoms with E-state index < -0.39 is 10.0 Å². The van der Waals surface area contributed by atoms with Gasteiger partial charge in [-0.25, -0.2) is 13.1 Å². The number of carbonyl (C=O) groups is 1. The molecule has 0 radical (unpaired) electrons. The molecule has 1 aliphatic rings. The molecule has 0 unspecified atom stereocenters. The van der Waals surface area contributed by atoms with Gasteiger partial charge in [0, 0.05) is 10.5 Å². The Hall–Kier alpha value is -1.90. The Balaban J connectivity index is 1.58. The zero-order valence-electron chi connectivity index (χ0n) is 14.9. The number of ether oxygens (including phenoxy) is 1. The lowest BCUT2D eigenvalue weighted by Gasteiger charge is -2.11. The summed E-state index contributed by atoms with van der Waals surface area (Å²) in [5, 5.41) is 2.74. The zero-order chi connectivity index (χ0) is 19.4.